The van der Waals surface area contributed by atoms with Crippen LogP contribution >= 0.6 is 0 Å². The fraction of sp³-hybridized carbons (Fsp3) is 0.333. The molecule has 19 heavy (non-hydrogen) atoms. The fourth-order valence-corrected chi connectivity index (χ4v) is 2.09. The van der Waals surface area contributed by atoms with Crippen LogP contribution in [0.4, 0.5) is 0 Å². The van der Waals surface area contributed by atoms with E-state index in [1.54, 1.807) is 0 Å². The van der Waals surface area contributed by atoms with Gasteiger partial charge in [-0.3, -0.25) is 0 Å². The first-order valence-corrected chi connectivity index (χ1v) is 6.19. The molecule has 1 heterocycles. The van der Waals surface area contributed by atoms with Gasteiger partial charge in [-0.1, -0.05) is 38.5 Å². The summed E-state index contributed by atoms with van der Waals surface area (Å²) in [5.74, 6) is -0.974. The van der Waals surface area contributed by atoms with E-state index in [1.807, 2.05) is 19.1 Å². The van der Waals surface area contributed by atoms with Crippen LogP contribution in [0.3, 0.4) is 0 Å². The van der Waals surface area contributed by atoms with Crippen LogP contribution in [-0.2, 0) is 5.41 Å². The number of carboxylic acid groups (broad SMARTS) is 1. The van der Waals surface area contributed by atoms with Gasteiger partial charge < -0.3 is 5.11 Å². The molecule has 100 valence electrons. The second-order valence-electron chi connectivity index (χ2n) is 5.70. The largest absolute Gasteiger partial charge is 0.477 e. The lowest BCUT2D eigenvalue weighted by Gasteiger charge is -2.23. The number of hydrogen-bond acceptors (Lipinski definition) is 2. The Morgan fingerprint density at radius 3 is 2.53 bits per heavy atom. The maximum absolute atomic E-state index is 11.2. The zero-order valence-corrected chi connectivity index (χ0v) is 11.6. The summed E-state index contributed by atoms with van der Waals surface area (Å²) in [4.78, 5) is 11.2. The van der Waals surface area contributed by atoms with Crippen molar-refractivity contribution in [2.75, 3.05) is 0 Å². The summed E-state index contributed by atoms with van der Waals surface area (Å²) in [7, 11) is 0. The molecule has 0 bridgehead atoms. The molecule has 4 nitrogen and oxygen atoms in total. The smallest absolute Gasteiger partial charge is 0.354 e. The topological polar surface area (TPSA) is 55.1 Å². The SMILES string of the molecule is Cc1ccc(-n2nccc2C(=O)O)c(C(C)(C)C)c1. The van der Waals surface area contributed by atoms with Gasteiger partial charge >= 0.3 is 5.97 Å². The Morgan fingerprint density at radius 2 is 1.95 bits per heavy atom. The second-order valence-corrected chi connectivity index (χ2v) is 5.70. The van der Waals surface area contributed by atoms with Gasteiger partial charge in [0.15, 0.2) is 5.69 Å². The van der Waals surface area contributed by atoms with Crippen molar-refractivity contribution in [2.45, 2.75) is 33.1 Å². The summed E-state index contributed by atoms with van der Waals surface area (Å²) in [6, 6.07) is 7.49. The first-order chi connectivity index (χ1) is 8.80. The average Bonchev–Trinajstić information content (AvgIpc) is 2.76. The minimum Gasteiger partial charge on any atom is -0.477 e. The highest BCUT2D eigenvalue weighted by atomic mass is 16.4. The Hall–Kier alpha value is -2.10. The van der Waals surface area contributed by atoms with Crippen LogP contribution in [0.25, 0.3) is 5.69 Å². The van der Waals surface area contributed by atoms with Crippen LogP contribution in [0, 0.1) is 6.92 Å². The Morgan fingerprint density at radius 1 is 1.26 bits per heavy atom. The molecule has 0 saturated heterocycles. The summed E-state index contributed by atoms with van der Waals surface area (Å²) >= 11 is 0. The Kier molecular flexibility index (Phi) is 3.18. The number of nitrogens with zero attached hydrogens (tertiary/aromatic N) is 2. The van der Waals surface area contributed by atoms with Crippen molar-refractivity contribution in [3.63, 3.8) is 0 Å². The third kappa shape index (κ3) is 2.52. The number of aryl methyl sites for hydroxylation is 1. The summed E-state index contributed by atoms with van der Waals surface area (Å²) in [5.41, 5.74) is 3.15. The van der Waals surface area contributed by atoms with Gasteiger partial charge in [0.05, 0.1) is 11.9 Å². The summed E-state index contributed by atoms with van der Waals surface area (Å²) in [5, 5.41) is 13.4. The summed E-state index contributed by atoms with van der Waals surface area (Å²) in [6.07, 6.45) is 1.51. The van der Waals surface area contributed by atoms with Crippen molar-refractivity contribution in [1.29, 1.82) is 0 Å². The van der Waals surface area contributed by atoms with E-state index < -0.39 is 5.97 Å². The number of carbonyl (C=O) groups is 1. The fourth-order valence-electron chi connectivity index (χ4n) is 2.09. The molecule has 0 aliphatic carbocycles. The zero-order valence-electron chi connectivity index (χ0n) is 11.6. The Bertz CT molecular complexity index is 621. The molecule has 0 atom stereocenters. The standard InChI is InChI=1S/C15H18N2O2/c1-10-5-6-12(11(9-10)15(2,3)4)17-13(14(18)19)7-8-16-17/h5-9H,1-4H3,(H,18,19). The van der Waals surface area contributed by atoms with Gasteiger partial charge in [-0.25, -0.2) is 9.48 Å². The predicted molar refractivity (Wildman–Crippen MR) is 74.0 cm³/mol. The molecule has 0 spiro atoms. The normalized spacial score (nSPS) is 11.6. The van der Waals surface area contributed by atoms with E-state index in [0.29, 0.717) is 0 Å². The molecule has 0 saturated carbocycles. The van der Waals surface area contributed by atoms with Crippen LogP contribution in [-0.4, -0.2) is 20.9 Å². The van der Waals surface area contributed by atoms with Gasteiger partial charge in [0.1, 0.15) is 0 Å². The van der Waals surface area contributed by atoms with Gasteiger partial charge in [-0.05, 0) is 30.0 Å². The molecule has 1 aromatic heterocycles. The zero-order chi connectivity index (χ0) is 14.2. The molecule has 0 aliphatic rings. The van der Waals surface area contributed by atoms with E-state index in [1.165, 1.54) is 16.9 Å². The van der Waals surface area contributed by atoms with Crippen LogP contribution in [0.15, 0.2) is 30.5 Å². The second kappa shape index (κ2) is 4.53. The first-order valence-electron chi connectivity index (χ1n) is 6.19. The van der Waals surface area contributed by atoms with Crippen molar-refractivity contribution in [2.24, 2.45) is 0 Å². The molecular formula is C15H18N2O2. The summed E-state index contributed by atoms with van der Waals surface area (Å²) in [6.45, 7) is 8.35. The van der Waals surface area contributed by atoms with Crippen molar-refractivity contribution in [3.05, 3.63) is 47.3 Å². The molecule has 2 aromatic rings. The molecule has 0 aliphatic heterocycles. The first kappa shape index (κ1) is 13.3. The van der Waals surface area contributed by atoms with Gasteiger partial charge in [0.2, 0.25) is 0 Å². The monoisotopic (exact) mass is 258 g/mol. The highest BCUT2D eigenvalue weighted by Gasteiger charge is 2.22. The number of hydrogen-bond donors (Lipinski definition) is 1. The van der Waals surface area contributed by atoms with Crippen LogP contribution in [0.1, 0.15) is 42.4 Å². The lowest BCUT2D eigenvalue weighted by Crippen LogP contribution is -2.18. The van der Waals surface area contributed by atoms with E-state index in [2.05, 4.69) is 31.9 Å². The number of benzene rings is 1. The minimum atomic E-state index is -0.974. The number of aromatic carboxylic acids is 1. The maximum Gasteiger partial charge on any atom is 0.354 e. The van der Waals surface area contributed by atoms with Gasteiger partial charge in [-0.2, -0.15) is 5.10 Å². The lowest BCUT2D eigenvalue weighted by molar-refractivity contribution is 0.0687. The molecule has 4 heteroatoms. The van der Waals surface area contributed by atoms with Crippen molar-refractivity contribution in [3.8, 4) is 5.69 Å². The molecule has 1 N–H and O–H groups in total. The van der Waals surface area contributed by atoms with Crippen LogP contribution in [0.5, 0.6) is 0 Å². The van der Waals surface area contributed by atoms with E-state index in [-0.39, 0.29) is 11.1 Å². The molecule has 0 amide bonds. The van der Waals surface area contributed by atoms with E-state index in [4.69, 9.17) is 0 Å². The lowest BCUT2D eigenvalue weighted by atomic mass is 9.85. The molecule has 2 rings (SSSR count). The highest BCUT2D eigenvalue weighted by molar-refractivity contribution is 5.86. The number of aromatic nitrogens is 2. The predicted octanol–water partition coefficient (Wildman–Crippen LogP) is 3.18. The minimum absolute atomic E-state index is 0.0803. The van der Waals surface area contributed by atoms with Crippen molar-refractivity contribution in [1.82, 2.24) is 9.78 Å². The number of carboxylic acids is 1. The molecular weight excluding hydrogens is 240 g/mol. The quantitative estimate of drug-likeness (QED) is 0.900. The van der Waals surface area contributed by atoms with E-state index >= 15 is 0 Å². The van der Waals surface area contributed by atoms with E-state index in [0.717, 1.165) is 16.8 Å². The van der Waals surface area contributed by atoms with Crippen molar-refractivity contribution >= 4 is 5.97 Å². The maximum atomic E-state index is 11.2. The highest BCUT2D eigenvalue weighted by Crippen LogP contribution is 2.29. The van der Waals surface area contributed by atoms with Crippen LogP contribution < -0.4 is 0 Å². The molecule has 0 radical (unpaired) electrons. The molecule has 1 aromatic carbocycles. The van der Waals surface area contributed by atoms with E-state index in [9.17, 15) is 9.90 Å². The third-order valence-electron chi connectivity index (χ3n) is 3.05. The Labute approximate surface area is 112 Å². The molecule has 0 fully saturated rings. The van der Waals surface area contributed by atoms with Crippen molar-refractivity contribution < 1.29 is 9.90 Å². The van der Waals surface area contributed by atoms with Gasteiger partial charge in [0, 0.05) is 0 Å². The Balaban J connectivity index is 2.69. The van der Waals surface area contributed by atoms with Gasteiger partial charge in [0.25, 0.3) is 0 Å². The summed E-state index contributed by atoms with van der Waals surface area (Å²) < 4.78 is 1.49. The molecule has 0 unspecified atom stereocenters. The van der Waals surface area contributed by atoms with Gasteiger partial charge in [-0.15, -0.1) is 0 Å². The third-order valence-corrected chi connectivity index (χ3v) is 3.05. The average molecular weight is 258 g/mol. The number of rotatable bonds is 2. The van der Waals surface area contributed by atoms with Crippen LogP contribution in [0.2, 0.25) is 0 Å².